The zero-order chi connectivity index (χ0) is 16.9. The van der Waals surface area contributed by atoms with Crippen molar-refractivity contribution in [1.29, 1.82) is 0 Å². The zero-order valence-corrected chi connectivity index (χ0v) is 14.3. The molecule has 1 aromatic carbocycles. The van der Waals surface area contributed by atoms with Crippen molar-refractivity contribution in [3.8, 4) is 0 Å². The number of hydrogen-bond acceptors (Lipinski definition) is 4. The SMILES string of the molecule is CSc1ccc(N2CC(C(=O)NCCn3ccnc3)CC2=O)cc1. The lowest BCUT2D eigenvalue weighted by Gasteiger charge is -2.17. The number of carbonyl (C=O) groups is 2. The number of anilines is 1. The number of nitrogens with zero attached hydrogens (tertiary/aromatic N) is 3. The second-order valence-electron chi connectivity index (χ2n) is 5.69. The van der Waals surface area contributed by atoms with Crippen LogP contribution in [0, 0.1) is 5.92 Å². The van der Waals surface area contributed by atoms with Gasteiger partial charge in [-0.25, -0.2) is 4.98 Å². The van der Waals surface area contributed by atoms with E-state index in [1.165, 1.54) is 0 Å². The molecule has 3 rings (SSSR count). The minimum absolute atomic E-state index is 0.00154. The predicted molar refractivity (Wildman–Crippen MR) is 93.9 cm³/mol. The summed E-state index contributed by atoms with van der Waals surface area (Å²) in [5.74, 6) is -0.353. The maximum atomic E-state index is 12.3. The van der Waals surface area contributed by atoms with Gasteiger partial charge in [0.2, 0.25) is 11.8 Å². The molecule has 24 heavy (non-hydrogen) atoms. The van der Waals surface area contributed by atoms with Gasteiger partial charge in [-0.05, 0) is 30.5 Å². The van der Waals surface area contributed by atoms with Crippen molar-refractivity contribution in [2.75, 3.05) is 24.2 Å². The third-order valence-electron chi connectivity index (χ3n) is 4.11. The summed E-state index contributed by atoms with van der Waals surface area (Å²) >= 11 is 1.66. The highest BCUT2D eigenvalue weighted by Gasteiger charge is 2.34. The van der Waals surface area contributed by atoms with Crippen LogP contribution < -0.4 is 10.2 Å². The molecule has 1 aliphatic heterocycles. The van der Waals surface area contributed by atoms with E-state index in [-0.39, 0.29) is 24.2 Å². The number of rotatable bonds is 6. The van der Waals surface area contributed by atoms with Gasteiger partial charge in [0, 0.05) is 49.0 Å². The maximum absolute atomic E-state index is 12.3. The van der Waals surface area contributed by atoms with Gasteiger partial charge in [0.15, 0.2) is 0 Å². The lowest BCUT2D eigenvalue weighted by molar-refractivity contribution is -0.126. The summed E-state index contributed by atoms with van der Waals surface area (Å²) in [6.45, 7) is 1.64. The van der Waals surface area contributed by atoms with E-state index in [0.29, 0.717) is 19.6 Å². The van der Waals surface area contributed by atoms with E-state index in [4.69, 9.17) is 0 Å². The highest BCUT2D eigenvalue weighted by atomic mass is 32.2. The Bertz CT molecular complexity index is 700. The highest BCUT2D eigenvalue weighted by Crippen LogP contribution is 2.27. The van der Waals surface area contributed by atoms with Gasteiger partial charge >= 0.3 is 0 Å². The summed E-state index contributed by atoms with van der Waals surface area (Å²) in [4.78, 5) is 31.3. The summed E-state index contributed by atoms with van der Waals surface area (Å²) in [5, 5.41) is 2.90. The number of imidazole rings is 1. The topological polar surface area (TPSA) is 67.2 Å². The summed E-state index contributed by atoms with van der Waals surface area (Å²) < 4.78 is 1.90. The Labute approximate surface area is 145 Å². The average molecular weight is 344 g/mol. The van der Waals surface area contributed by atoms with Crippen LogP contribution in [0.4, 0.5) is 5.69 Å². The average Bonchev–Trinajstić information content (AvgIpc) is 3.24. The fraction of sp³-hybridized carbons (Fsp3) is 0.353. The van der Waals surface area contributed by atoms with Gasteiger partial charge in [0.25, 0.3) is 0 Å². The van der Waals surface area contributed by atoms with Crippen molar-refractivity contribution in [1.82, 2.24) is 14.9 Å². The van der Waals surface area contributed by atoms with Crippen molar-refractivity contribution in [2.45, 2.75) is 17.9 Å². The largest absolute Gasteiger partial charge is 0.354 e. The molecule has 6 nitrogen and oxygen atoms in total. The number of benzene rings is 1. The van der Waals surface area contributed by atoms with E-state index in [2.05, 4.69) is 10.3 Å². The molecule has 2 heterocycles. The quantitative estimate of drug-likeness (QED) is 0.811. The lowest BCUT2D eigenvalue weighted by Crippen LogP contribution is -2.34. The van der Waals surface area contributed by atoms with Gasteiger partial charge in [0.05, 0.1) is 12.2 Å². The molecule has 0 bridgehead atoms. The van der Waals surface area contributed by atoms with Crippen molar-refractivity contribution >= 4 is 29.3 Å². The first-order valence-corrected chi connectivity index (χ1v) is 9.07. The van der Waals surface area contributed by atoms with Crippen LogP contribution in [-0.4, -0.2) is 40.7 Å². The summed E-state index contributed by atoms with van der Waals surface area (Å²) in [5.41, 5.74) is 0.853. The molecule has 1 unspecified atom stereocenters. The number of carbonyl (C=O) groups excluding carboxylic acids is 2. The van der Waals surface area contributed by atoms with E-state index in [9.17, 15) is 9.59 Å². The fourth-order valence-corrected chi connectivity index (χ4v) is 3.17. The predicted octanol–water partition coefficient (Wildman–Crippen LogP) is 1.77. The van der Waals surface area contributed by atoms with Gasteiger partial charge in [-0.2, -0.15) is 0 Å². The molecular weight excluding hydrogens is 324 g/mol. The molecule has 0 aliphatic carbocycles. The van der Waals surface area contributed by atoms with Crippen LogP contribution in [0.3, 0.4) is 0 Å². The molecule has 126 valence electrons. The molecule has 0 radical (unpaired) electrons. The first kappa shape index (κ1) is 16.6. The highest BCUT2D eigenvalue weighted by molar-refractivity contribution is 7.98. The first-order chi connectivity index (χ1) is 11.7. The van der Waals surface area contributed by atoms with Gasteiger partial charge in [-0.1, -0.05) is 0 Å². The number of thioether (sulfide) groups is 1. The second-order valence-corrected chi connectivity index (χ2v) is 6.57. The number of nitrogens with one attached hydrogen (secondary N) is 1. The van der Waals surface area contributed by atoms with Gasteiger partial charge in [0.1, 0.15) is 0 Å². The first-order valence-electron chi connectivity index (χ1n) is 7.85. The van der Waals surface area contributed by atoms with E-state index >= 15 is 0 Å². The smallest absolute Gasteiger partial charge is 0.227 e. The van der Waals surface area contributed by atoms with Crippen molar-refractivity contribution in [3.05, 3.63) is 43.0 Å². The van der Waals surface area contributed by atoms with Crippen LogP contribution in [-0.2, 0) is 16.1 Å². The van der Waals surface area contributed by atoms with E-state index < -0.39 is 0 Å². The van der Waals surface area contributed by atoms with Crippen molar-refractivity contribution in [2.24, 2.45) is 5.92 Å². The zero-order valence-electron chi connectivity index (χ0n) is 13.5. The molecule has 1 fully saturated rings. The molecule has 1 saturated heterocycles. The Morgan fingerprint density at radius 3 is 2.83 bits per heavy atom. The van der Waals surface area contributed by atoms with E-state index in [1.807, 2.05) is 41.3 Å². The van der Waals surface area contributed by atoms with Gasteiger partial charge < -0.3 is 14.8 Å². The maximum Gasteiger partial charge on any atom is 0.227 e. The minimum Gasteiger partial charge on any atom is -0.354 e. The van der Waals surface area contributed by atoms with Crippen molar-refractivity contribution < 1.29 is 9.59 Å². The summed E-state index contributed by atoms with van der Waals surface area (Å²) in [6, 6.07) is 7.85. The van der Waals surface area contributed by atoms with Crippen LogP contribution in [0.2, 0.25) is 0 Å². The van der Waals surface area contributed by atoms with Gasteiger partial charge in [-0.3, -0.25) is 9.59 Å². The van der Waals surface area contributed by atoms with Gasteiger partial charge in [-0.15, -0.1) is 11.8 Å². The third kappa shape index (κ3) is 3.79. The molecule has 7 heteroatoms. The Morgan fingerprint density at radius 2 is 2.17 bits per heavy atom. The molecule has 0 spiro atoms. The van der Waals surface area contributed by atoms with E-state index in [0.717, 1.165) is 10.6 Å². The number of aromatic nitrogens is 2. The third-order valence-corrected chi connectivity index (χ3v) is 4.85. The number of amides is 2. The second kappa shape index (κ2) is 7.53. The normalized spacial score (nSPS) is 17.3. The standard InChI is InChI=1S/C17H20N4O2S/c1-24-15-4-2-14(3-5-15)21-11-13(10-16(21)22)17(23)19-7-9-20-8-6-18-12-20/h2-6,8,12-13H,7,9-11H2,1H3,(H,19,23). The fourth-order valence-electron chi connectivity index (χ4n) is 2.77. The molecule has 2 amide bonds. The Balaban J connectivity index is 1.54. The Kier molecular flexibility index (Phi) is 5.20. The minimum atomic E-state index is -0.291. The monoisotopic (exact) mass is 344 g/mol. The molecule has 1 atom stereocenters. The summed E-state index contributed by atoms with van der Waals surface area (Å²) in [7, 11) is 0. The van der Waals surface area contributed by atoms with Crippen LogP contribution >= 0.6 is 11.8 Å². The molecule has 1 aromatic heterocycles. The van der Waals surface area contributed by atoms with Crippen LogP contribution in [0.25, 0.3) is 0 Å². The van der Waals surface area contributed by atoms with Crippen LogP contribution in [0.15, 0.2) is 47.9 Å². The lowest BCUT2D eigenvalue weighted by atomic mass is 10.1. The number of hydrogen-bond donors (Lipinski definition) is 1. The van der Waals surface area contributed by atoms with Crippen LogP contribution in [0.1, 0.15) is 6.42 Å². The van der Waals surface area contributed by atoms with E-state index in [1.54, 1.807) is 29.2 Å². The Morgan fingerprint density at radius 1 is 1.38 bits per heavy atom. The summed E-state index contributed by atoms with van der Waals surface area (Å²) in [6.07, 6.45) is 7.55. The van der Waals surface area contributed by atoms with Crippen LogP contribution in [0.5, 0.6) is 0 Å². The molecule has 1 N–H and O–H groups in total. The Hall–Kier alpha value is -2.28. The molecular formula is C17H20N4O2S. The molecule has 0 saturated carbocycles. The molecule has 1 aliphatic rings. The molecule has 2 aromatic rings. The van der Waals surface area contributed by atoms with Crippen molar-refractivity contribution in [3.63, 3.8) is 0 Å².